The van der Waals surface area contributed by atoms with Crippen molar-refractivity contribution in [2.45, 2.75) is 18.4 Å². The van der Waals surface area contributed by atoms with E-state index in [9.17, 15) is 9.90 Å². The van der Waals surface area contributed by atoms with Crippen molar-refractivity contribution in [1.29, 1.82) is 0 Å². The fourth-order valence-electron chi connectivity index (χ4n) is 2.93. The first-order valence-corrected chi connectivity index (χ1v) is 7.52. The predicted molar refractivity (Wildman–Crippen MR) is 86.4 cm³/mol. The fourth-order valence-corrected chi connectivity index (χ4v) is 2.93. The Labute approximate surface area is 130 Å². The number of hydrogen-bond acceptors (Lipinski definition) is 3. The minimum Gasteiger partial charge on any atom is -0.385 e. The van der Waals surface area contributed by atoms with Crippen molar-refractivity contribution < 1.29 is 9.90 Å². The summed E-state index contributed by atoms with van der Waals surface area (Å²) < 4.78 is 0. The van der Waals surface area contributed by atoms with Crippen LogP contribution in [0.1, 0.15) is 28.8 Å². The van der Waals surface area contributed by atoms with Gasteiger partial charge in [0.15, 0.2) is 0 Å². The second kappa shape index (κ2) is 5.91. The monoisotopic (exact) mass is 296 g/mol. The Bertz CT molecular complexity index is 656. The molecule has 0 aromatic heterocycles. The van der Waals surface area contributed by atoms with Gasteiger partial charge in [-0.3, -0.25) is 4.79 Å². The first-order valence-electron chi connectivity index (χ1n) is 7.52. The summed E-state index contributed by atoms with van der Waals surface area (Å²) in [6.07, 6.45) is 1.47. The number of carbonyl (C=O) groups is 1. The molecule has 0 unspecified atom stereocenters. The molecule has 22 heavy (non-hydrogen) atoms. The molecule has 1 aliphatic heterocycles. The molecule has 0 radical (unpaired) electrons. The van der Waals surface area contributed by atoms with Gasteiger partial charge in [0.25, 0.3) is 0 Å². The molecule has 0 bridgehead atoms. The van der Waals surface area contributed by atoms with Crippen molar-refractivity contribution in [1.82, 2.24) is 5.32 Å². The molecule has 0 saturated carbocycles. The fraction of sp³-hybridized carbons (Fsp3) is 0.278. The maximum absolute atomic E-state index is 11.1. The molecular weight excluding hydrogens is 276 g/mol. The molecule has 4 heteroatoms. The molecule has 0 atom stereocenters. The summed E-state index contributed by atoms with van der Waals surface area (Å²) in [7, 11) is 0. The van der Waals surface area contributed by atoms with Crippen molar-refractivity contribution in [3.8, 4) is 11.1 Å². The molecule has 114 valence electrons. The van der Waals surface area contributed by atoms with Crippen molar-refractivity contribution in [2.24, 2.45) is 5.73 Å². The van der Waals surface area contributed by atoms with Crippen LogP contribution >= 0.6 is 0 Å². The number of aliphatic hydroxyl groups is 1. The van der Waals surface area contributed by atoms with Gasteiger partial charge in [-0.1, -0.05) is 36.4 Å². The summed E-state index contributed by atoms with van der Waals surface area (Å²) in [5, 5.41) is 14.0. The highest BCUT2D eigenvalue weighted by Gasteiger charge is 2.30. The molecule has 1 aliphatic rings. The Kier molecular flexibility index (Phi) is 3.96. The average molecular weight is 296 g/mol. The number of nitrogens with one attached hydrogen (secondary N) is 1. The second-order valence-electron chi connectivity index (χ2n) is 5.80. The van der Waals surface area contributed by atoms with E-state index in [1.165, 1.54) is 0 Å². The highest BCUT2D eigenvalue weighted by Crippen LogP contribution is 2.31. The smallest absolute Gasteiger partial charge is 0.248 e. The zero-order chi connectivity index (χ0) is 15.6. The van der Waals surface area contributed by atoms with E-state index in [1.807, 2.05) is 36.4 Å². The van der Waals surface area contributed by atoms with E-state index in [0.29, 0.717) is 5.56 Å². The molecule has 2 aromatic rings. The van der Waals surface area contributed by atoms with Gasteiger partial charge >= 0.3 is 0 Å². The highest BCUT2D eigenvalue weighted by atomic mass is 16.3. The van der Waals surface area contributed by atoms with Crippen LogP contribution < -0.4 is 11.1 Å². The number of carbonyl (C=O) groups excluding carboxylic acids is 1. The third-order valence-corrected chi connectivity index (χ3v) is 4.36. The first kappa shape index (κ1) is 14.8. The van der Waals surface area contributed by atoms with E-state index < -0.39 is 11.5 Å². The number of amides is 1. The van der Waals surface area contributed by atoms with Crippen LogP contribution in [-0.2, 0) is 5.60 Å². The molecular formula is C18H20N2O2. The van der Waals surface area contributed by atoms with E-state index >= 15 is 0 Å². The molecule has 3 rings (SSSR count). The highest BCUT2D eigenvalue weighted by molar-refractivity contribution is 5.93. The Balaban J connectivity index is 1.83. The molecule has 2 aromatic carbocycles. The van der Waals surface area contributed by atoms with Gasteiger partial charge in [0.05, 0.1) is 5.60 Å². The number of hydrogen-bond donors (Lipinski definition) is 3. The van der Waals surface area contributed by atoms with Gasteiger partial charge < -0.3 is 16.2 Å². The predicted octanol–water partition coefficient (Wildman–Crippen LogP) is 2.02. The van der Waals surface area contributed by atoms with Crippen molar-refractivity contribution in [2.75, 3.05) is 13.1 Å². The maximum atomic E-state index is 11.1. The maximum Gasteiger partial charge on any atom is 0.248 e. The van der Waals surface area contributed by atoms with Gasteiger partial charge in [-0.25, -0.2) is 0 Å². The van der Waals surface area contributed by atoms with Crippen LogP contribution in [0.2, 0.25) is 0 Å². The van der Waals surface area contributed by atoms with Gasteiger partial charge in [-0.2, -0.15) is 0 Å². The van der Waals surface area contributed by atoms with Crippen LogP contribution in [0.3, 0.4) is 0 Å². The zero-order valence-electron chi connectivity index (χ0n) is 12.4. The van der Waals surface area contributed by atoms with Crippen LogP contribution in [-0.4, -0.2) is 24.1 Å². The van der Waals surface area contributed by atoms with E-state index in [1.54, 1.807) is 12.1 Å². The van der Waals surface area contributed by atoms with Gasteiger partial charge in [0.1, 0.15) is 0 Å². The molecule has 1 heterocycles. The summed E-state index contributed by atoms with van der Waals surface area (Å²) in [6, 6.07) is 15.2. The quantitative estimate of drug-likeness (QED) is 0.811. The molecule has 0 spiro atoms. The van der Waals surface area contributed by atoms with Crippen LogP contribution in [0.15, 0.2) is 48.5 Å². The minimum atomic E-state index is -0.723. The van der Waals surface area contributed by atoms with Gasteiger partial charge in [-0.15, -0.1) is 0 Å². The lowest BCUT2D eigenvalue weighted by atomic mass is 9.84. The number of benzene rings is 2. The molecule has 1 amide bonds. The standard InChI is InChI=1S/C18H20N2O2/c19-17(21)15-3-1-13(2-4-15)14-5-7-16(8-6-14)18(22)9-11-20-12-10-18/h1-8,20,22H,9-12H2,(H2,19,21). The van der Waals surface area contributed by atoms with Crippen LogP contribution in [0.5, 0.6) is 0 Å². The van der Waals surface area contributed by atoms with E-state index in [-0.39, 0.29) is 0 Å². The lowest BCUT2D eigenvalue weighted by molar-refractivity contribution is 0.00595. The second-order valence-corrected chi connectivity index (χ2v) is 5.80. The van der Waals surface area contributed by atoms with E-state index in [2.05, 4.69) is 5.32 Å². The largest absolute Gasteiger partial charge is 0.385 e. The Morgan fingerprint density at radius 1 is 0.955 bits per heavy atom. The SMILES string of the molecule is NC(=O)c1ccc(-c2ccc(C3(O)CCNCC3)cc2)cc1. The van der Waals surface area contributed by atoms with Crippen LogP contribution in [0, 0.1) is 0 Å². The Morgan fingerprint density at radius 3 is 1.95 bits per heavy atom. The number of nitrogens with two attached hydrogens (primary N) is 1. The van der Waals surface area contributed by atoms with Crippen LogP contribution in [0.25, 0.3) is 11.1 Å². The van der Waals surface area contributed by atoms with E-state index in [0.717, 1.165) is 42.6 Å². The number of rotatable bonds is 3. The Hall–Kier alpha value is -2.17. The molecule has 1 saturated heterocycles. The molecule has 4 nitrogen and oxygen atoms in total. The summed E-state index contributed by atoms with van der Waals surface area (Å²) in [5.74, 6) is -0.421. The molecule has 1 fully saturated rings. The summed E-state index contributed by atoms with van der Waals surface area (Å²) in [5.41, 5.74) is 8.07. The first-order chi connectivity index (χ1) is 10.6. The molecule has 0 aliphatic carbocycles. The van der Waals surface area contributed by atoms with Crippen molar-refractivity contribution >= 4 is 5.91 Å². The molecule has 4 N–H and O–H groups in total. The van der Waals surface area contributed by atoms with E-state index in [4.69, 9.17) is 5.73 Å². The van der Waals surface area contributed by atoms with Gasteiger partial charge in [0, 0.05) is 5.56 Å². The van der Waals surface area contributed by atoms with Gasteiger partial charge in [0.2, 0.25) is 5.91 Å². The Morgan fingerprint density at radius 2 is 1.45 bits per heavy atom. The summed E-state index contributed by atoms with van der Waals surface area (Å²) in [4.78, 5) is 11.1. The third-order valence-electron chi connectivity index (χ3n) is 4.36. The summed E-state index contributed by atoms with van der Waals surface area (Å²) in [6.45, 7) is 1.68. The third kappa shape index (κ3) is 2.89. The average Bonchev–Trinajstić information content (AvgIpc) is 2.56. The van der Waals surface area contributed by atoms with Crippen molar-refractivity contribution in [3.63, 3.8) is 0 Å². The lowest BCUT2D eigenvalue weighted by Crippen LogP contribution is -2.39. The van der Waals surface area contributed by atoms with Crippen molar-refractivity contribution in [3.05, 3.63) is 59.7 Å². The topological polar surface area (TPSA) is 75.4 Å². The van der Waals surface area contributed by atoms with Gasteiger partial charge in [-0.05, 0) is 54.8 Å². The number of primary amides is 1. The number of piperidine rings is 1. The van der Waals surface area contributed by atoms with Crippen LogP contribution in [0.4, 0.5) is 0 Å². The summed E-state index contributed by atoms with van der Waals surface area (Å²) >= 11 is 0. The minimum absolute atomic E-state index is 0.421. The zero-order valence-corrected chi connectivity index (χ0v) is 12.4. The lowest BCUT2D eigenvalue weighted by Gasteiger charge is -2.33. The normalized spacial score (nSPS) is 17.1.